The van der Waals surface area contributed by atoms with Crippen molar-refractivity contribution in [1.29, 1.82) is 0 Å². The Morgan fingerprint density at radius 1 is 1.18 bits per heavy atom. The van der Waals surface area contributed by atoms with Gasteiger partial charge < -0.3 is 10.2 Å². The Hall–Kier alpha value is -3.55. The number of rotatable bonds is 5. The van der Waals surface area contributed by atoms with Gasteiger partial charge in [0.05, 0.1) is 18.4 Å². The molecule has 1 saturated heterocycles. The molecule has 1 aromatic heterocycles. The predicted octanol–water partition coefficient (Wildman–Crippen LogP) is 2.84. The fraction of sp³-hybridized carbons (Fsp3) is 0.200. The summed E-state index contributed by atoms with van der Waals surface area (Å²) in [4.78, 5) is 25.7. The molecule has 7 nitrogen and oxygen atoms in total. The quantitative estimate of drug-likeness (QED) is 0.739. The van der Waals surface area contributed by atoms with E-state index in [4.69, 9.17) is 0 Å². The molecule has 4 rings (SSSR count). The van der Waals surface area contributed by atoms with E-state index in [2.05, 4.69) is 15.6 Å². The lowest BCUT2D eigenvalue weighted by Crippen LogP contribution is -2.25. The molecule has 28 heavy (non-hydrogen) atoms. The van der Waals surface area contributed by atoms with Gasteiger partial charge in [0.2, 0.25) is 5.91 Å². The van der Waals surface area contributed by atoms with Crippen LogP contribution in [-0.2, 0) is 11.3 Å². The number of carbonyl (C=O) groups is 2. The summed E-state index contributed by atoms with van der Waals surface area (Å²) in [5, 5.41) is 10.6. The Morgan fingerprint density at radius 2 is 2.00 bits per heavy atom. The SMILES string of the molecule is O=C(Nc1ccc(F)c(N2CCCC2=O)c1)c1cn(Cc2ccccc2)nn1. The molecule has 1 aliphatic rings. The van der Waals surface area contributed by atoms with Crippen molar-refractivity contribution in [2.24, 2.45) is 0 Å². The molecular weight excluding hydrogens is 361 g/mol. The maximum absolute atomic E-state index is 14.1. The van der Waals surface area contributed by atoms with Crippen LogP contribution in [0.2, 0.25) is 0 Å². The summed E-state index contributed by atoms with van der Waals surface area (Å²) in [7, 11) is 0. The molecule has 2 heterocycles. The van der Waals surface area contributed by atoms with Crippen LogP contribution in [0.4, 0.5) is 15.8 Å². The lowest BCUT2D eigenvalue weighted by atomic mass is 10.2. The van der Waals surface area contributed by atoms with E-state index in [1.807, 2.05) is 30.3 Å². The van der Waals surface area contributed by atoms with Crippen LogP contribution in [-0.4, -0.2) is 33.4 Å². The minimum Gasteiger partial charge on any atom is -0.320 e. The van der Waals surface area contributed by atoms with Crippen LogP contribution >= 0.6 is 0 Å². The van der Waals surface area contributed by atoms with Crippen LogP contribution in [0.5, 0.6) is 0 Å². The maximum atomic E-state index is 14.1. The molecule has 0 unspecified atom stereocenters. The zero-order valence-corrected chi connectivity index (χ0v) is 15.0. The molecule has 0 atom stereocenters. The molecular formula is C20H18FN5O2. The Morgan fingerprint density at radius 3 is 2.75 bits per heavy atom. The number of hydrogen-bond acceptors (Lipinski definition) is 4. The third kappa shape index (κ3) is 3.75. The molecule has 1 fully saturated rings. The van der Waals surface area contributed by atoms with Crippen LogP contribution in [0.3, 0.4) is 0 Å². The van der Waals surface area contributed by atoms with Crippen LogP contribution in [0, 0.1) is 5.82 Å². The van der Waals surface area contributed by atoms with Gasteiger partial charge in [-0.3, -0.25) is 9.59 Å². The second kappa shape index (κ2) is 7.59. The first-order valence-electron chi connectivity index (χ1n) is 8.95. The van der Waals surface area contributed by atoms with E-state index in [-0.39, 0.29) is 17.3 Å². The fourth-order valence-corrected chi connectivity index (χ4v) is 3.15. The highest BCUT2D eigenvalue weighted by Gasteiger charge is 2.24. The lowest BCUT2D eigenvalue weighted by Gasteiger charge is -2.17. The molecule has 2 amide bonds. The molecule has 0 radical (unpaired) electrons. The summed E-state index contributed by atoms with van der Waals surface area (Å²) >= 11 is 0. The van der Waals surface area contributed by atoms with Gasteiger partial charge in [0.25, 0.3) is 5.91 Å². The first kappa shape index (κ1) is 17.8. The van der Waals surface area contributed by atoms with Gasteiger partial charge in [0.1, 0.15) is 5.82 Å². The molecule has 0 saturated carbocycles. The van der Waals surface area contributed by atoms with Crippen molar-refractivity contribution in [2.45, 2.75) is 19.4 Å². The monoisotopic (exact) mass is 379 g/mol. The lowest BCUT2D eigenvalue weighted by molar-refractivity contribution is -0.117. The third-order valence-corrected chi connectivity index (χ3v) is 4.53. The van der Waals surface area contributed by atoms with E-state index in [1.165, 1.54) is 23.1 Å². The Labute approximate surface area is 160 Å². The number of carbonyl (C=O) groups excluding carboxylic acids is 2. The Balaban J connectivity index is 1.47. The minimum atomic E-state index is -0.498. The summed E-state index contributed by atoms with van der Waals surface area (Å²) in [5.41, 5.74) is 1.75. The van der Waals surface area contributed by atoms with Crippen molar-refractivity contribution in [3.8, 4) is 0 Å². The highest BCUT2D eigenvalue weighted by Crippen LogP contribution is 2.27. The van der Waals surface area contributed by atoms with Crippen LogP contribution in [0.25, 0.3) is 0 Å². The second-order valence-electron chi connectivity index (χ2n) is 6.56. The van der Waals surface area contributed by atoms with E-state index in [0.717, 1.165) is 5.56 Å². The van der Waals surface area contributed by atoms with E-state index in [0.29, 0.717) is 31.6 Å². The van der Waals surface area contributed by atoms with Crippen molar-refractivity contribution < 1.29 is 14.0 Å². The zero-order valence-electron chi connectivity index (χ0n) is 15.0. The number of nitrogens with one attached hydrogen (secondary N) is 1. The number of anilines is 2. The minimum absolute atomic E-state index is 0.119. The van der Waals surface area contributed by atoms with Gasteiger partial charge in [-0.25, -0.2) is 9.07 Å². The van der Waals surface area contributed by atoms with Gasteiger partial charge in [0, 0.05) is 18.7 Å². The number of amides is 2. The van der Waals surface area contributed by atoms with Crippen molar-refractivity contribution in [3.05, 3.63) is 71.8 Å². The topological polar surface area (TPSA) is 80.1 Å². The standard InChI is InChI=1S/C20H18FN5O2/c21-16-9-8-15(11-18(16)26-10-4-7-19(26)27)22-20(28)17-13-25(24-23-17)12-14-5-2-1-3-6-14/h1-3,5-6,8-9,11,13H,4,7,10,12H2,(H,22,28). The molecule has 0 aliphatic carbocycles. The van der Waals surface area contributed by atoms with Crippen molar-refractivity contribution in [1.82, 2.24) is 15.0 Å². The van der Waals surface area contributed by atoms with Gasteiger partial charge >= 0.3 is 0 Å². The van der Waals surface area contributed by atoms with Gasteiger partial charge in [-0.15, -0.1) is 5.10 Å². The molecule has 142 valence electrons. The molecule has 8 heteroatoms. The smallest absolute Gasteiger partial charge is 0.277 e. The van der Waals surface area contributed by atoms with Crippen LogP contribution in [0.15, 0.2) is 54.7 Å². The molecule has 3 aromatic rings. The Kier molecular flexibility index (Phi) is 4.84. The average molecular weight is 379 g/mol. The third-order valence-electron chi connectivity index (χ3n) is 4.53. The fourth-order valence-electron chi connectivity index (χ4n) is 3.15. The predicted molar refractivity (Wildman–Crippen MR) is 102 cm³/mol. The molecule has 2 aromatic carbocycles. The molecule has 0 spiro atoms. The number of hydrogen-bond donors (Lipinski definition) is 1. The summed E-state index contributed by atoms with van der Waals surface area (Å²) in [6.45, 7) is 0.972. The largest absolute Gasteiger partial charge is 0.320 e. The first-order chi connectivity index (χ1) is 13.6. The highest BCUT2D eigenvalue weighted by atomic mass is 19.1. The van der Waals surface area contributed by atoms with Gasteiger partial charge in [0.15, 0.2) is 5.69 Å². The second-order valence-corrected chi connectivity index (χ2v) is 6.56. The summed E-state index contributed by atoms with van der Waals surface area (Å²) in [5.74, 6) is -1.07. The average Bonchev–Trinajstić information content (AvgIpc) is 3.33. The van der Waals surface area contributed by atoms with Crippen LogP contribution in [0.1, 0.15) is 28.9 Å². The van der Waals surface area contributed by atoms with E-state index >= 15 is 0 Å². The maximum Gasteiger partial charge on any atom is 0.277 e. The van der Waals surface area contributed by atoms with E-state index in [9.17, 15) is 14.0 Å². The van der Waals surface area contributed by atoms with E-state index in [1.54, 1.807) is 10.9 Å². The van der Waals surface area contributed by atoms with Gasteiger partial charge in [-0.2, -0.15) is 0 Å². The van der Waals surface area contributed by atoms with Crippen LogP contribution < -0.4 is 10.2 Å². The summed E-state index contributed by atoms with van der Waals surface area (Å²) < 4.78 is 15.7. The Bertz CT molecular complexity index is 1020. The summed E-state index contributed by atoms with van der Waals surface area (Å²) in [6.07, 6.45) is 2.65. The molecule has 1 aliphatic heterocycles. The van der Waals surface area contributed by atoms with Crippen molar-refractivity contribution in [2.75, 3.05) is 16.8 Å². The van der Waals surface area contributed by atoms with Crippen molar-refractivity contribution >= 4 is 23.2 Å². The number of halogens is 1. The van der Waals surface area contributed by atoms with Gasteiger partial charge in [-0.1, -0.05) is 35.5 Å². The van der Waals surface area contributed by atoms with E-state index < -0.39 is 11.7 Å². The number of aromatic nitrogens is 3. The molecule has 0 bridgehead atoms. The molecule has 1 N–H and O–H groups in total. The van der Waals surface area contributed by atoms with Crippen molar-refractivity contribution in [3.63, 3.8) is 0 Å². The zero-order chi connectivity index (χ0) is 19.5. The number of nitrogens with zero attached hydrogens (tertiary/aromatic N) is 4. The van der Waals surface area contributed by atoms with Gasteiger partial charge in [-0.05, 0) is 30.2 Å². The highest BCUT2D eigenvalue weighted by molar-refractivity contribution is 6.03. The summed E-state index contributed by atoms with van der Waals surface area (Å²) in [6, 6.07) is 13.9. The number of benzene rings is 2. The normalized spacial score (nSPS) is 13.8. The first-order valence-corrected chi connectivity index (χ1v) is 8.95.